The van der Waals surface area contributed by atoms with Crippen LogP contribution in [0.5, 0.6) is 0 Å². The molecule has 0 spiro atoms. The van der Waals surface area contributed by atoms with Gasteiger partial charge in [0.15, 0.2) is 0 Å². The fraction of sp³-hybridized carbons (Fsp3) is 0. The first-order valence-corrected chi connectivity index (χ1v) is 11.9. The van der Waals surface area contributed by atoms with E-state index in [1.807, 2.05) is 48.5 Å². The Morgan fingerprint density at radius 2 is 0.824 bits per heavy atom. The summed E-state index contributed by atoms with van der Waals surface area (Å²) in [5.74, 6) is -2.78. The molecule has 0 saturated heterocycles. The number of para-hydroxylation sites is 2. The Labute approximate surface area is 201 Å². The monoisotopic (exact) mass is 494 g/mol. The maximum absolute atomic E-state index is 14.2. The van der Waals surface area contributed by atoms with E-state index in [1.54, 1.807) is 9.80 Å². The van der Waals surface area contributed by atoms with E-state index in [-0.39, 0.29) is 0 Å². The van der Waals surface area contributed by atoms with Crippen molar-refractivity contribution in [1.82, 2.24) is 0 Å². The standard InChI is InChI=1S/C26H14F4N2S2/c27-15-9-16(28)12-19(11-15)31-21-5-1-3-7-23(21)33-25(31)26-32(20-13-17(29)10-18(30)14-20)22-6-2-4-8-24(22)34-26/h1-14H/b26-25+. The Hall–Kier alpha value is -3.36. The molecule has 0 aliphatic carbocycles. The highest BCUT2D eigenvalue weighted by molar-refractivity contribution is 8.07. The highest BCUT2D eigenvalue weighted by atomic mass is 32.2. The number of hydrogen-bond donors (Lipinski definition) is 0. The number of hydrogen-bond acceptors (Lipinski definition) is 4. The molecular weight excluding hydrogens is 480 g/mol. The highest BCUT2D eigenvalue weighted by Crippen LogP contribution is 2.58. The van der Waals surface area contributed by atoms with E-state index in [0.717, 1.165) is 33.3 Å². The summed E-state index contributed by atoms with van der Waals surface area (Å²) >= 11 is 2.87. The first-order chi connectivity index (χ1) is 16.5. The first-order valence-electron chi connectivity index (χ1n) is 10.3. The van der Waals surface area contributed by atoms with Crippen LogP contribution in [0.15, 0.2) is 105 Å². The van der Waals surface area contributed by atoms with Crippen molar-refractivity contribution in [2.24, 2.45) is 0 Å². The van der Waals surface area contributed by atoms with Gasteiger partial charge in [-0.3, -0.25) is 0 Å². The molecule has 2 aliphatic heterocycles. The molecule has 0 radical (unpaired) electrons. The Morgan fingerprint density at radius 1 is 0.471 bits per heavy atom. The minimum absolute atomic E-state index is 0.319. The van der Waals surface area contributed by atoms with Crippen LogP contribution in [0.2, 0.25) is 0 Å². The van der Waals surface area contributed by atoms with E-state index in [1.165, 1.54) is 47.8 Å². The second kappa shape index (κ2) is 8.14. The van der Waals surface area contributed by atoms with Crippen LogP contribution in [0, 0.1) is 23.3 Å². The van der Waals surface area contributed by atoms with Gasteiger partial charge in [-0.15, -0.1) is 0 Å². The van der Waals surface area contributed by atoms with Gasteiger partial charge in [0.25, 0.3) is 0 Å². The van der Waals surface area contributed by atoms with Gasteiger partial charge < -0.3 is 9.80 Å². The fourth-order valence-corrected chi connectivity index (χ4v) is 6.54. The minimum Gasteiger partial charge on any atom is -0.301 e. The van der Waals surface area contributed by atoms with Gasteiger partial charge >= 0.3 is 0 Å². The summed E-state index contributed by atoms with van der Waals surface area (Å²) in [5, 5.41) is 1.36. The molecule has 6 rings (SSSR count). The van der Waals surface area contributed by atoms with E-state index in [9.17, 15) is 17.6 Å². The molecule has 4 aromatic carbocycles. The van der Waals surface area contributed by atoms with Gasteiger partial charge in [-0.25, -0.2) is 17.6 Å². The summed E-state index contributed by atoms with van der Waals surface area (Å²) in [7, 11) is 0. The predicted octanol–water partition coefficient (Wildman–Crippen LogP) is 8.56. The number of benzene rings is 4. The maximum atomic E-state index is 14.2. The summed E-state index contributed by atoms with van der Waals surface area (Å²) in [6.45, 7) is 0. The molecule has 0 fully saturated rings. The molecule has 4 aromatic rings. The topological polar surface area (TPSA) is 6.48 Å². The zero-order valence-corrected chi connectivity index (χ0v) is 18.9. The van der Waals surface area contributed by atoms with E-state index in [4.69, 9.17) is 0 Å². The van der Waals surface area contributed by atoms with Gasteiger partial charge in [0.05, 0.1) is 22.7 Å². The Balaban J connectivity index is 1.61. The Bertz CT molecular complexity index is 1340. The van der Waals surface area contributed by atoms with Crippen molar-refractivity contribution in [2.75, 3.05) is 9.80 Å². The summed E-state index contributed by atoms with van der Waals surface area (Å²) < 4.78 is 56.9. The molecule has 0 aromatic heterocycles. The van der Waals surface area contributed by atoms with E-state index < -0.39 is 23.3 Å². The van der Waals surface area contributed by atoms with Gasteiger partial charge in [-0.2, -0.15) is 0 Å². The molecular formula is C26H14F4N2S2. The quantitative estimate of drug-likeness (QED) is 0.258. The van der Waals surface area contributed by atoms with Crippen molar-refractivity contribution in [3.05, 3.63) is 118 Å². The second-order valence-corrected chi connectivity index (χ2v) is 9.74. The number of rotatable bonds is 2. The van der Waals surface area contributed by atoms with E-state index in [0.29, 0.717) is 21.4 Å². The predicted molar refractivity (Wildman–Crippen MR) is 129 cm³/mol. The average molecular weight is 495 g/mol. The maximum Gasteiger partial charge on any atom is 0.128 e. The summed E-state index contributed by atoms with van der Waals surface area (Å²) in [5.41, 5.74) is 2.17. The highest BCUT2D eigenvalue weighted by Gasteiger charge is 2.36. The molecule has 2 nitrogen and oxygen atoms in total. The van der Waals surface area contributed by atoms with Gasteiger partial charge in [-0.1, -0.05) is 47.8 Å². The van der Waals surface area contributed by atoms with Gasteiger partial charge in [0.1, 0.15) is 33.3 Å². The SMILES string of the molecule is Fc1cc(F)cc(N2/C(=C3\Sc4ccccc4N3c3cc(F)cc(F)c3)Sc3ccccc32)c1. The van der Waals surface area contributed by atoms with Crippen LogP contribution in [0.1, 0.15) is 0 Å². The van der Waals surface area contributed by atoms with Crippen LogP contribution in [-0.2, 0) is 0 Å². The minimum atomic E-state index is -0.694. The van der Waals surface area contributed by atoms with E-state index in [2.05, 4.69) is 0 Å². The molecule has 2 heterocycles. The molecule has 8 heteroatoms. The van der Waals surface area contributed by atoms with Crippen molar-refractivity contribution in [2.45, 2.75) is 9.79 Å². The molecule has 2 aliphatic rings. The van der Waals surface area contributed by atoms with Crippen molar-refractivity contribution >= 4 is 46.3 Å². The molecule has 0 N–H and O–H groups in total. The lowest BCUT2D eigenvalue weighted by molar-refractivity contribution is 0.582. The molecule has 0 bridgehead atoms. The summed E-state index contributed by atoms with van der Waals surface area (Å²) in [4.78, 5) is 5.36. The Morgan fingerprint density at radius 3 is 1.21 bits per heavy atom. The van der Waals surface area contributed by atoms with Crippen molar-refractivity contribution in [1.29, 1.82) is 0 Å². The lowest BCUT2D eigenvalue weighted by atomic mass is 10.2. The smallest absolute Gasteiger partial charge is 0.128 e. The summed E-state index contributed by atoms with van der Waals surface area (Å²) in [6.07, 6.45) is 0. The van der Waals surface area contributed by atoms with Crippen LogP contribution >= 0.6 is 23.5 Å². The molecule has 0 unspecified atom stereocenters. The van der Waals surface area contributed by atoms with Crippen LogP contribution < -0.4 is 9.80 Å². The Kier molecular flexibility index (Phi) is 5.08. The van der Waals surface area contributed by atoms with Gasteiger partial charge in [0.2, 0.25) is 0 Å². The third kappa shape index (κ3) is 3.54. The lowest BCUT2D eigenvalue weighted by Crippen LogP contribution is -2.19. The number of nitrogens with zero attached hydrogens (tertiary/aromatic N) is 2. The normalized spacial score (nSPS) is 16.7. The number of halogens is 4. The molecule has 34 heavy (non-hydrogen) atoms. The van der Waals surface area contributed by atoms with Crippen molar-refractivity contribution in [3.8, 4) is 0 Å². The zero-order chi connectivity index (χ0) is 23.4. The van der Waals surface area contributed by atoms with Crippen LogP contribution in [0.4, 0.5) is 40.3 Å². The zero-order valence-electron chi connectivity index (χ0n) is 17.3. The number of anilines is 4. The van der Waals surface area contributed by atoms with Gasteiger partial charge in [-0.05, 0) is 48.5 Å². The molecule has 0 atom stereocenters. The second-order valence-electron chi connectivity index (χ2n) is 7.68. The first kappa shape index (κ1) is 21.2. The molecule has 0 amide bonds. The summed E-state index contributed by atoms with van der Waals surface area (Å²) in [6, 6.07) is 21.8. The average Bonchev–Trinajstić information content (AvgIpc) is 3.36. The molecule has 168 valence electrons. The third-order valence-electron chi connectivity index (χ3n) is 5.43. The van der Waals surface area contributed by atoms with Crippen LogP contribution in [-0.4, -0.2) is 0 Å². The van der Waals surface area contributed by atoms with Crippen molar-refractivity contribution in [3.63, 3.8) is 0 Å². The lowest BCUT2D eigenvalue weighted by Gasteiger charge is -2.27. The van der Waals surface area contributed by atoms with Crippen LogP contribution in [0.3, 0.4) is 0 Å². The number of fused-ring (bicyclic) bond motifs is 2. The molecule has 0 saturated carbocycles. The fourth-order valence-electron chi connectivity index (χ4n) is 4.10. The third-order valence-corrected chi connectivity index (χ3v) is 7.82. The van der Waals surface area contributed by atoms with E-state index >= 15 is 0 Å². The largest absolute Gasteiger partial charge is 0.301 e. The van der Waals surface area contributed by atoms with Crippen LogP contribution in [0.25, 0.3) is 0 Å². The van der Waals surface area contributed by atoms with Gasteiger partial charge in [0, 0.05) is 21.9 Å². The number of thioether (sulfide) groups is 2. The van der Waals surface area contributed by atoms with Crippen molar-refractivity contribution < 1.29 is 17.6 Å².